The zero-order chi connectivity index (χ0) is 42.3. The molecule has 0 aromatic heterocycles. The van der Waals surface area contributed by atoms with Crippen molar-refractivity contribution in [1.29, 1.82) is 0 Å². The van der Waals surface area contributed by atoms with Crippen LogP contribution in [0.2, 0.25) is 0 Å². The van der Waals surface area contributed by atoms with E-state index in [1.807, 2.05) is 0 Å². The van der Waals surface area contributed by atoms with Gasteiger partial charge < -0.3 is 20.6 Å². The minimum atomic E-state index is -1.13. The van der Waals surface area contributed by atoms with Crippen molar-refractivity contribution in [2.75, 3.05) is 6.61 Å². The van der Waals surface area contributed by atoms with Gasteiger partial charge in [0.05, 0.1) is 18.8 Å². The van der Waals surface area contributed by atoms with Crippen LogP contribution in [-0.2, 0) is 4.79 Å². The van der Waals surface area contributed by atoms with Crippen molar-refractivity contribution in [3.63, 3.8) is 0 Å². The molecule has 5 heteroatoms. The Kier molecular flexibility index (Phi) is 48.0. The molecular weight excluding hydrogens is 715 g/mol. The topological polar surface area (TPSA) is 89.8 Å². The Morgan fingerprint density at radius 1 is 0.414 bits per heavy atom. The molecule has 5 nitrogen and oxygen atoms in total. The molecule has 0 aromatic carbocycles. The lowest BCUT2D eigenvalue weighted by molar-refractivity contribution is -0.124. The molecule has 346 valence electrons. The summed E-state index contributed by atoms with van der Waals surface area (Å²) in [4.78, 5) is 12.5. The van der Waals surface area contributed by atoms with Crippen LogP contribution in [0.1, 0.15) is 296 Å². The van der Waals surface area contributed by atoms with Crippen molar-refractivity contribution < 1.29 is 20.1 Å². The third kappa shape index (κ3) is 43.2. The predicted molar refractivity (Wildman–Crippen MR) is 255 cm³/mol. The van der Waals surface area contributed by atoms with E-state index in [1.165, 1.54) is 238 Å². The summed E-state index contributed by atoms with van der Waals surface area (Å²) >= 11 is 0. The lowest BCUT2D eigenvalue weighted by atomic mass is 9.99. The smallest absolute Gasteiger partial charge is 0.220 e. The van der Waals surface area contributed by atoms with Crippen molar-refractivity contribution in [2.24, 2.45) is 0 Å². The number of carbonyl (C=O) groups excluding carboxylic acids is 1. The van der Waals surface area contributed by atoms with Crippen LogP contribution in [0.25, 0.3) is 0 Å². The average Bonchev–Trinajstić information content (AvgIpc) is 3.23. The molecule has 0 aliphatic heterocycles. The molecular formula is C53H105NO4. The Labute approximate surface area is 363 Å². The number of nitrogens with one attached hydrogen (secondary N) is 1. The van der Waals surface area contributed by atoms with Crippen molar-refractivity contribution in [3.8, 4) is 0 Å². The van der Waals surface area contributed by atoms with Gasteiger partial charge in [-0.1, -0.05) is 264 Å². The van der Waals surface area contributed by atoms with E-state index in [1.54, 1.807) is 0 Å². The summed E-state index contributed by atoms with van der Waals surface area (Å²) in [7, 11) is 0. The number of unbranched alkanes of at least 4 members (excludes halogenated alkanes) is 39. The zero-order valence-corrected chi connectivity index (χ0v) is 39.5. The summed E-state index contributed by atoms with van der Waals surface area (Å²) in [6.45, 7) is 4.21. The second kappa shape index (κ2) is 48.8. The molecule has 0 bridgehead atoms. The number of aliphatic hydroxyl groups excluding tert-OH is 3. The van der Waals surface area contributed by atoms with Crippen LogP contribution in [0.4, 0.5) is 0 Å². The molecule has 0 saturated heterocycles. The molecule has 0 aliphatic carbocycles. The largest absolute Gasteiger partial charge is 0.394 e. The molecule has 0 heterocycles. The number of hydrogen-bond acceptors (Lipinski definition) is 4. The number of hydrogen-bond donors (Lipinski definition) is 4. The van der Waals surface area contributed by atoms with E-state index in [4.69, 9.17) is 0 Å². The van der Waals surface area contributed by atoms with Crippen molar-refractivity contribution in [1.82, 2.24) is 5.32 Å². The van der Waals surface area contributed by atoms with Crippen LogP contribution in [0.5, 0.6) is 0 Å². The minimum absolute atomic E-state index is 0.142. The van der Waals surface area contributed by atoms with Gasteiger partial charge in [0.25, 0.3) is 0 Å². The molecule has 3 unspecified atom stereocenters. The first-order valence-corrected chi connectivity index (χ1v) is 26.5. The number of rotatable bonds is 49. The van der Waals surface area contributed by atoms with E-state index >= 15 is 0 Å². The van der Waals surface area contributed by atoms with Gasteiger partial charge in [0.1, 0.15) is 6.10 Å². The second-order valence-corrected chi connectivity index (χ2v) is 18.4. The van der Waals surface area contributed by atoms with Crippen molar-refractivity contribution >= 4 is 5.91 Å². The standard InChI is InChI=1S/C53H105NO4/c1-3-5-7-9-11-13-15-17-19-21-23-24-25-26-27-28-30-32-34-36-38-40-42-44-46-48-52(57)54-50(49-55)53(58)51(56)47-45-43-41-39-37-35-33-31-29-22-20-18-16-14-12-10-8-6-4-2/h26-27,50-51,53,55-56,58H,3-25,28-49H2,1-2H3,(H,54,57)/b27-26-. The molecule has 4 N–H and O–H groups in total. The fourth-order valence-electron chi connectivity index (χ4n) is 8.51. The van der Waals surface area contributed by atoms with Gasteiger partial charge >= 0.3 is 0 Å². The summed E-state index contributed by atoms with van der Waals surface area (Å²) in [5.41, 5.74) is 0. The van der Waals surface area contributed by atoms with E-state index in [-0.39, 0.29) is 12.5 Å². The van der Waals surface area contributed by atoms with Crippen molar-refractivity contribution in [3.05, 3.63) is 12.2 Å². The van der Waals surface area contributed by atoms with E-state index in [0.29, 0.717) is 12.8 Å². The van der Waals surface area contributed by atoms with Crippen LogP contribution < -0.4 is 5.32 Å². The third-order valence-corrected chi connectivity index (χ3v) is 12.6. The van der Waals surface area contributed by atoms with Crippen LogP contribution in [0.3, 0.4) is 0 Å². The maximum Gasteiger partial charge on any atom is 0.220 e. The lowest BCUT2D eigenvalue weighted by Crippen LogP contribution is -2.50. The summed E-state index contributed by atoms with van der Waals surface area (Å²) in [6.07, 6.45) is 59.2. The maximum atomic E-state index is 12.5. The number of aliphatic hydroxyl groups is 3. The zero-order valence-electron chi connectivity index (χ0n) is 39.5. The van der Waals surface area contributed by atoms with E-state index in [2.05, 4.69) is 31.3 Å². The lowest BCUT2D eigenvalue weighted by Gasteiger charge is -2.26. The first-order valence-electron chi connectivity index (χ1n) is 26.5. The Morgan fingerprint density at radius 3 is 1.00 bits per heavy atom. The Hall–Kier alpha value is -0.910. The molecule has 0 saturated carbocycles. The predicted octanol–water partition coefficient (Wildman–Crippen LogP) is 15.9. The maximum absolute atomic E-state index is 12.5. The molecule has 1 amide bonds. The van der Waals surface area contributed by atoms with E-state index in [9.17, 15) is 20.1 Å². The molecule has 3 atom stereocenters. The van der Waals surface area contributed by atoms with Gasteiger partial charge in [-0.05, 0) is 38.5 Å². The number of allylic oxidation sites excluding steroid dienone is 2. The normalized spacial score (nSPS) is 13.4. The average molecular weight is 820 g/mol. The Balaban J connectivity index is 3.54. The molecule has 58 heavy (non-hydrogen) atoms. The van der Waals surface area contributed by atoms with Crippen LogP contribution in [-0.4, -0.2) is 46.1 Å². The highest BCUT2D eigenvalue weighted by Crippen LogP contribution is 2.18. The highest BCUT2D eigenvalue weighted by atomic mass is 16.3. The molecule has 0 rings (SSSR count). The summed E-state index contributed by atoms with van der Waals surface area (Å²) in [5.74, 6) is -0.142. The van der Waals surface area contributed by atoms with E-state index < -0.39 is 18.2 Å². The monoisotopic (exact) mass is 820 g/mol. The van der Waals surface area contributed by atoms with Gasteiger partial charge in [0, 0.05) is 6.42 Å². The fourth-order valence-corrected chi connectivity index (χ4v) is 8.51. The van der Waals surface area contributed by atoms with Crippen LogP contribution in [0, 0.1) is 0 Å². The molecule has 0 spiro atoms. The quantitative estimate of drug-likeness (QED) is 0.0364. The van der Waals surface area contributed by atoms with Gasteiger partial charge in [-0.25, -0.2) is 0 Å². The highest BCUT2D eigenvalue weighted by molar-refractivity contribution is 5.76. The minimum Gasteiger partial charge on any atom is -0.394 e. The first-order chi connectivity index (χ1) is 28.6. The van der Waals surface area contributed by atoms with Crippen molar-refractivity contribution in [2.45, 2.75) is 315 Å². The SMILES string of the molecule is CCCCCCCCCCCCCC/C=C\CCCCCCCCCCCC(=O)NC(CO)C(O)C(O)CCCCCCCCCCCCCCCCCCCCC. The fraction of sp³-hybridized carbons (Fsp3) is 0.943. The second-order valence-electron chi connectivity index (χ2n) is 18.4. The summed E-state index contributed by atoms with van der Waals surface area (Å²) < 4.78 is 0. The first kappa shape index (κ1) is 57.1. The van der Waals surface area contributed by atoms with Gasteiger partial charge in [-0.15, -0.1) is 0 Å². The van der Waals surface area contributed by atoms with Gasteiger partial charge in [0.2, 0.25) is 5.91 Å². The van der Waals surface area contributed by atoms with E-state index in [0.717, 1.165) is 32.1 Å². The van der Waals surface area contributed by atoms with Gasteiger partial charge in [-0.2, -0.15) is 0 Å². The Bertz CT molecular complexity index is 818. The van der Waals surface area contributed by atoms with Crippen LogP contribution in [0.15, 0.2) is 12.2 Å². The highest BCUT2D eigenvalue weighted by Gasteiger charge is 2.26. The number of amides is 1. The summed E-state index contributed by atoms with van der Waals surface area (Å²) in [5, 5.41) is 33.7. The Morgan fingerprint density at radius 2 is 0.690 bits per heavy atom. The number of carbonyl (C=O) groups is 1. The van der Waals surface area contributed by atoms with Gasteiger partial charge in [0.15, 0.2) is 0 Å². The third-order valence-electron chi connectivity index (χ3n) is 12.6. The summed E-state index contributed by atoms with van der Waals surface area (Å²) in [6, 6.07) is -0.808. The molecule has 0 radical (unpaired) electrons. The molecule has 0 aliphatic rings. The molecule has 0 aromatic rings. The van der Waals surface area contributed by atoms with Gasteiger partial charge in [-0.3, -0.25) is 4.79 Å². The molecule has 0 fully saturated rings. The van der Waals surface area contributed by atoms with Crippen LogP contribution >= 0.6 is 0 Å².